The molecule has 3 heterocycles. The van der Waals surface area contributed by atoms with Crippen LogP contribution in [0.2, 0.25) is 0 Å². The van der Waals surface area contributed by atoms with E-state index in [1.54, 1.807) is 39.9 Å². The van der Waals surface area contributed by atoms with Crippen LogP contribution in [0.15, 0.2) is 46.7 Å². The van der Waals surface area contributed by atoms with Crippen LogP contribution in [0, 0.1) is 0 Å². The molecule has 2 unspecified atom stereocenters. The van der Waals surface area contributed by atoms with Crippen molar-refractivity contribution in [3.05, 3.63) is 52.2 Å². The zero-order valence-electron chi connectivity index (χ0n) is 18.4. The lowest BCUT2D eigenvalue weighted by Crippen LogP contribution is -2.43. The molecule has 2 aliphatic heterocycles. The zero-order chi connectivity index (χ0) is 22.6. The molecule has 1 amide bonds. The molecule has 1 aromatic carbocycles. The topological polar surface area (TPSA) is 79.0 Å². The molecule has 2 aliphatic rings. The maximum absolute atomic E-state index is 13.0. The number of benzene rings is 1. The third-order valence-corrected chi connectivity index (χ3v) is 9.28. The smallest absolute Gasteiger partial charge is 0.251 e. The first-order valence-electron chi connectivity index (χ1n) is 11.2. The molecule has 1 N–H and O–H groups in total. The molecule has 0 spiro atoms. The number of carbonyl (C=O) groups excluding carboxylic acids is 1. The summed E-state index contributed by atoms with van der Waals surface area (Å²) >= 11 is 1.69. The predicted octanol–water partition coefficient (Wildman–Crippen LogP) is 3.11. The highest BCUT2D eigenvalue weighted by molar-refractivity contribution is 7.89. The molecule has 174 valence electrons. The quantitative estimate of drug-likeness (QED) is 0.663. The lowest BCUT2D eigenvalue weighted by molar-refractivity contribution is 0.0169. The van der Waals surface area contributed by atoms with E-state index in [0.717, 1.165) is 32.4 Å². The Balaban J connectivity index is 1.42. The van der Waals surface area contributed by atoms with Gasteiger partial charge < -0.3 is 10.1 Å². The van der Waals surface area contributed by atoms with Crippen LogP contribution >= 0.6 is 11.3 Å². The van der Waals surface area contributed by atoms with Crippen molar-refractivity contribution in [3.63, 3.8) is 0 Å². The lowest BCUT2D eigenvalue weighted by Gasteiger charge is -2.34. The first-order valence-corrected chi connectivity index (χ1v) is 13.5. The number of hydrogen-bond acceptors (Lipinski definition) is 6. The standard InChI is InChI=1S/C23H31N3O4S2/c1-18-5-2-3-11-26(18)32(28,29)20-9-7-19(8-10-20)23(27)24-17-21(22-6-4-16-31-22)25-12-14-30-15-13-25/h4,6-10,16,18,21H,2-3,5,11-15,17H2,1H3,(H,24,27). The SMILES string of the molecule is CC1CCCCN1S(=O)(=O)c1ccc(C(=O)NCC(c2cccs2)N2CCOCC2)cc1. The average Bonchev–Trinajstić information content (AvgIpc) is 3.35. The van der Waals surface area contributed by atoms with Gasteiger partial charge in [-0.25, -0.2) is 8.42 Å². The zero-order valence-corrected chi connectivity index (χ0v) is 20.0. The van der Waals surface area contributed by atoms with Crippen LogP contribution in [0.4, 0.5) is 0 Å². The number of morpholine rings is 1. The predicted molar refractivity (Wildman–Crippen MR) is 125 cm³/mol. The third kappa shape index (κ3) is 5.23. The lowest BCUT2D eigenvalue weighted by atomic mass is 10.1. The van der Waals surface area contributed by atoms with Crippen LogP contribution in [-0.4, -0.2) is 69.0 Å². The summed E-state index contributed by atoms with van der Waals surface area (Å²) < 4.78 is 33.1. The number of carbonyl (C=O) groups is 1. The van der Waals surface area contributed by atoms with E-state index in [1.165, 1.54) is 4.88 Å². The van der Waals surface area contributed by atoms with Crippen molar-refractivity contribution >= 4 is 27.3 Å². The summed E-state index contributed by atoms with van der Waals surface area (Å²) in [7, 11) is -3.54. The number of ether oxygens (including phenoxy) is 1. The van der Waals surface area contributed by atoms with Crippen molar-refractivity contribution < 1.29 is 17.9 Å². The number of piperidine rings is 1. The number of hydrogen-bond donors (Lipinski definition) is 1. The van der Waals surface area contributed by atoms with Crippen LogP contribution in [0.5, 0.6) is 0 Å². The van der Waals surface area contributed by atoms with E-state index in [-0.39, 0.29) is 22.9 Å². The number of thiophene rings is 1. The maximum Gasteiger partial charge on any atom is 0.251 e. The largest absolute Gasteiger partial charge is 0.379 e. The second-order valence-electron chi connectivity index (χ2n) is 8.37. The first kappa shape index (κ1) is 23.4. The molecule has 0 aliphatic carbocycles. The van der Waals surface area contributed by atoms with E-state index in [0.29, 0.717) is 31.9 Å². The number of sulfonamides is 1. The van der Waals surface area contributed by atoms with Crippen LogP contribution in [0.1, 0.15) is 47.5 Å². The average molecular weight is 478 g/mol. The molecule has 0 bridgehead atoms. The molecule has 9 heteroatoms. The summed E-state index contributed by atoms with van der Waals surface area (Å²) in [5, 5.41) is 5.09. The van der Waals surface area contributed by atoms with Gasteiger partial charge in [0.1, 0.15) is 0 Å². The van der Waals surface area contributed by atoms with E-state index in [9.17, 15) is 13.2 Å². The van der Waals surface area contributed by atoms with Gasteiger partial charge in [0, 0.05) is 42.7 Å². The Morgan fingerprint density at radius 3 is 2.56 bits per heavy atom. The maximum atomic E-state index is 13.0. The monoisotopic (exact) mass is 477 g/mol. The van der Waals surface area contributed by atoms with Gasteiger partial charge in [-0.3, -0.25) is 9.69 Å². The minimum absolute atomic E-state index is 0.00565. The molecule has 32 heavy (non-hydrogen) atoms. The van der Waals surface area contributed by atoms with Crippen LogP contribution in [0.3, 0.4) is 0 Å². The number of amides is 1. The number of nitrogens with zero attached hydrogens (tertiary/aromatic N) is 2. The Labute approximate surface area is 194 Å². The highest BCUT2D eigenvalue weighted by atomic mass is 32.2. The molecule has 0 saturated carbocycles. The van der Waals surface area contributed by atoms with Gasteiger partial charge in [0.15, 0.2) is 0 Å². The van der Waals surface area contributed by atoms with Gasteiger partial charge in [-0.1, -0.05) is 12.5 Å². The summed E-state index contributed by atoms with van der Waals surface area (Å²) in [6, 6.07) is 10.5. The fourth-order valence-electron chi connectivity index (χ4n) is 4.41. The second kappa shape index (κ2) is 10.4. The summed E-state index contributed by atoms with van der Waals surface area (Å²) in [6.45, 7) is 6.06. The second-order valence-corrected chi connectivity index (χ2v) is 11.2. The van der Waals surface area contributed by atoms with E-state index >= 15 is 0 Å². The van der Waals surface area contributed by atoms with Gasteiger partial charge in [0.2, 0.25) is 10.0 Å². The number of rotatable bonds is 7. The molecule has 2 atom stereocenters. The molecular formula is C23H31N3O4S2. The minimum Gasteiger partial charge on any atom is -0.379 e. The van der Waals surface area contributed by atoms with Gasteiger partial charge in [-0.2, -0.15) is 4.31 Å². The molecule has 2 aromatic rings. The van der Waals surface area contributed by atoms with Crippen molar-refractivity contribution in [3.8, 4) is 0 Å². The summed E-state index contributed by atoms with van der Waals surface area (Å²) in [5.74, 6) is -0.199. The van der Waals surface area contributed by atoms with Crippen molar-refractivity contribution in [2.45, 2.75) is 43.2 Å². The Morgan fingerprint density at radius 1 is 1.16 bits per heavy atom. The van der Waals surface area contributed by atoms with E-state index in [2.05, 4.69) is 16.3 Å². The van der Waals surface area contributed by atoms with Crippen molar-refractivity contribution in [1.29, 1.82) is 0 Å². The molecule has 7 nitrogen and oxygen atoms in total. The van der Waals surface area contributed by atoms with Crippen molar-refractivity contribution in [1.82, 2.24) is 14.5 Å². The summed E-state index contributed by atoms with van der Waals surface area (Å²) in [6.07, 6.45) is 2.83. The summed E-state index contributed by atoms with van der Waals surface area (Å²) in [4.78, 5) is 16.6. The van der Waals surface area contributed by atoms with Gasteiger partial charge in [0.05, 0.1) is 24.2 Å². The highest BCUT2D eigenvalue weighted by Crippen LogP contribution is 2.27. The molecule has 4 rings (SSSR count). The molecule has 0 radical (unpaired) electrons. The van der Waals surface area contributed by atoms with Crippen LogP contribution in [0.25, 0.3) is 0 Å². The molecule has 2 saturated heterocycles. The highest BCUT2D eigenvalue weighted by Gasteiger charge is 2.31. The molecule has 1 aromatic heterocycles. The Bertz CT molecular complexity index is 987. The fourth-order valence-corrected chi connectivity index (χ4v) is 6.97. The van der Waals surface area contributed by atoms with Crippen LogP contribution in [-0.2, 0) is 14.8 Å². The van der Waals surface area contributed by atoms with Crippen molar-refractivity contribution in [2.75, 3.05) is 39.4 Å². The normalized spacial score (nSPS) is 21.8. The number of nitrogens with one attached hydrogen (secondary N) is 1. The van der Waals surface area contributed by atoms with Gasteiger partial charge in [0.25, 0.3) is 5.91 Å². The molecule has 2 fully saturated rings. The Kier molecular flexibility index (Phi) is 7.63. The Morgan fingerprint density at radius 2 is 1.91 bits per heavy atom. The van der Waals surface area contributed by atoms with E-state index in [1.807, 2.05) is 18.4 Å². The van der Waals surface area contributed by atoms with E-state index < -0.39 is 10.0 Å². The molecular weight excluding hydrogens is 446 g/mol. The first-order chi connectivity index (χ1) is 15.5. The van der Waals surface area contributed by atoms with Crippen molar-refractivity contribution in [2.24, 2.45) is 0 Å². The Hall–Kier alpha value is -1.78. The van der Waals surface area contributed by atoms with Gasteiger partial charge in [-0.05, 0) is 55.5 Å². The third-order valence-electron chi connectivity index (χ3n) is 6.28. The van der Waals surface area contributed by atoms with Crippen LogP contribution < -0.4 is 5.32 Å². The fraction of sp³-hybridized carbons (Fsp3) is 0.522. The van der Waals surface area contributed by atoms with Gasteiger partial charge >= 0.3 is 0 Å². The summed E-state index contributed by atoms with van der Waals surface area (Å²) in [5.41, 5.74) is 0.461. The van der Waals surface area contributed by atoms with E-state index in [4.69, 9.17) is 4.74 Å². The minimum atomic E-state index is -3.54. The van der Waals surface area contributed by atoms with Gasteiger partial charge in [-0.15, -0.1) is 11.3 Å².